The Balaban J connectivity index is 0.00000420. The molecular weight excluding hydrogens is 529 g/mol. The van der Waals surface area contributed by atoms with Crippen LogP contribution < -0.4 is 53.8 Å². The minimum Gasteiger partial charge on any atom is -0.545 e. The Bertz CT molecular complexity index is 1510. The van der Waals surface area contributed by atoms with Crippen LogP contribution in [0.25, 0.3) is 16.6 Å². The number of allylic oxidation sites excluding steroid dienone is 1. The van der Waals surface area contributed by atoms with Crippen molar-refractivity contribution in [1.29, 1.82) is 0 Å². The van der Waals surface area contributed by atoms with Crippen LogP contribution in [-0.2, 0) is 11.2 Å². The van der Waals surface area contributed by atoms with Gasteiger partial charge in [0.25, 0.3) is 0 Å². The molecule has 9 nitrogen and oxygen atoms in total. The Kier molecular flexibility index (Phi) is 10.1. The maximum Gasteiger partial charge on any atom is 1.00 e. The fourth-order valence-electron chi connectivity index (χ4n) is 4.14. The fraction of sp³-hybridized carbons (Fsp3) is 0.214. The van der Waals surface area contributed by atoms with Gasteiger partial charge >= 0.3 is 29.6 Å². The number of ether oxygens (including phenoxy) is 3. The zero-order valence-corrected chi connectivity index (χ0v) is 25.4. The van der Waals surface area contributed by atoms with Crippen LogP contribution in [-0.4, -0.2) is 55.9 Å². The molecule has 3 aromatic carbocycles. The van der Waals surface area contributed by atoms with Crippen LogP contribution in [0.4, 0.5) is 5.69 Å². The molecular formula is C28H26N3NaO6S. The summed E-state index contributed by atoms with van der Waals surface area (Å²) in [4.78, 5) is 28.6. The summed E-state index contributed by atoms with van der Waals surface area (Å²) in [6, 6.07) is 15.4. The van der Waals surface area contributed by atoms with Crippen LogP contribution in [0.3, 0.4) is 0 Å². The van der Waals surface area contributed by atoms with E-state index in [0.717, 1.165) is 23.0 Å². The molecule has 0 saturated carbocycles. The Hall–Kier alpha value is -3.44. The van der Waals surface area contributed by atoms with Gasteiger partial charge in [-0.3, -0.25) is 4.79 Å². The smallest absolute Gasteiger partial charge is 0.545 e. The number of nitrogens with zero attached hydrogens (tertiary/aromatic N) is 3. The molecule has 4 aromatic rings. The normalized spacial score (nSPS) is 11.3. The molecule has 0 saturated heterocycles. The number of ketones is 1. The second-order valence-corrected chi connectivity index (χ2v) is 9.12. The summed E-state index contributed by atoms with van der Waals surface area (Å²) < 4.78 is 24.6. The minimum absolute atomic E-state index is 0. The van der Waals surface area contributed by atoms with Gasteiger partial charge in [-0.15, -0.1) is 0 Å². The Morgan fingerprint density at radius 3 is 2.00 bits per heavy atom. The molecule has 0 N–H and O–H groups in total. The molecule has 0 atom stereocenters. The number of carbonyl (C=O) groups is 2. The second-order valence-electron chi connectivity index (χ2n) is 8.59. The van der Waals surface area contributed by atoms with Gasteiger partial charge < -0.3 is 29.0 Å². The van der Waals surface area contributed by atoms with Crippen LogP contribution in [0.2, 0.25) is 0 Å². The molecule has 1 heterocycles. The monoisotopic (exact) mass is 555 g/mol. The van der Waals surface area contributed by atoms with Crippen LogP contribution >= 0.6 is 11.7 Å². The van der Waals surface area contributed by atoms with Crippen LogP contribution in [0, 0.1) is 0 Å². The average molecular weight is 556 g/mol. The van der Waals surface area contributed by atoms with Gasteiger partial charge in [0.15, 0.2) is 17.3 Å². The molecule has 0 aliphatic rings. The van der Waals surface area contributed by atoms with E-state index in [0.29, 0.717) is 22.3 Å². The van der Waals surface area contributed by atoms with Crippen molar-refractivity contribution in [1.82, 2.24) is 8.75 Å². The van der Waals surface area contributed by atoms with Crippen LogP contribution in [0.1, 0.15) is 21.5 Å². The van der Waals surface area contributed by atoms with Crippen molar-refractivity contribution in [2.45, 2.75) is 6.42 Å². The summed E-state index contributed by atoms with van der Waals surface area (Å²) >= 11 is 1.02. The van der Waals surface area contributed by atoms with Gasteiger partial charge in [-0.1, -0.05) is 18.2 Å². The van der Waals surface area contributed by atoms with E-state index >= 15 is 0 Å². The topological polar surface area (TPSA) is 114 Å². The number of aliphatic carboxylic acids is 1. The first-order valence-electron chi connectivity index (χ1n) is 11.6. The van der Waals surface area contributed by atoms with Gasteiger partial charge in [0.2, 0.25) is 5.75 Å². The van der Waals surface area contributed by atoms with E-state index in [2.05, 4.69) is 8.75 Å². The van der Waals surface area contributed by atoms with E-state index in [9.17, 15) is 14.7 Å². The van der Waals surface area contributed by atoms with E-state index in [1.807, 2.05) is 43.3 Å². The first-order chi connectivity index (χ1) is 18.3. The first kappa shape index (κ1) is 30.1. The third kappa shape index (κ3) is 6.42. The van der Waals surface area contributed by atoms with E-state index < -0.39 is 11.8 Å². The zero-order chi connectivity index (χ0) is 27.4. The van der Waals surface area contributed by atoms with E-state index in [1.165, 1.54) is 33.5 Å². The van der Waals surface area contributed by atoms with Crippen LogP contribution in [0.5, 0.6) is 17.2 Å². The fourth-order valence-corrected chi connectivity index (χ4v) is 4.65. The number of carbonyl (C=O) groups excluding carboxylic acids is 2. The number of carboxylic acid groups (broad SMARTS) is 1. The summed E-state index contributed by atoms with van der Waals surface area (Å²) in [5.74, 6) is -1.13. The molecule has 4 rings (SSSR count). The number of aromatic nitrogens is 2. The summed E-state index contributed by atoms with van der Waals surface area (Å²) in [7, 11) is 8.19. The first-order valence-corrected chi connectivity index (χ1v) is 12.3. The molecule has 39 heavy (non-hydrogen) atoms. The van der Waals surface area contributed by atoms with Crippen molar-refractivity contribution in [2.24, 2.45) is 0 Å². The molecule has 0 aliphatic heterocycles. The molecule has 0 aliphatic carbocycles. The van der Waals surface area contributed by atoms with Crippen molar-refractivity contribution in [3.63, 3.8) is 0 Å². The Morgan fingerprint density at radius 2 is 1.46 bits per heavy atom. The Morgan fingerprint density at radius 1 is 0.846 bits per heavy atom. The van der Waals surface area contributed by atoms with E-state index in [1.54, 1.807) is 18.2 Å². The predicted molar refractivity (Wildman–Crippen MR) is 144 cm³/mol. The standard InChI is InChI=1S/C28H27N3O6S.Na/c1-31(2)19-9-6-16(7-10-19)12-20(25(28(33)34)17-8-11-21-22(13-17)30-38-29-21)26(32)18-14-23(35-3)27(37-5)24(15-18)36-4;/h6-11,13-15H,12H2,1-5H3,(H,33,34);/q;+1/p-1/b25-20+;. The molecule has 0 bridgehead atoms. The number of Topliss-reactive ketones (excluding diaryl/α,β-unsaturated/α-hetero) is 1. The SMILES string of the molecule is COc1cc(C(=O)/C(Cc2ccc(N(C)C)cc2)=C(/C(=O)[O-])c2ccc3nsnc3c2)cc(OC)c1OC.[Na+]. The number of anilines is 1. The molecule has 0 amide bonds. The zero-order valence-electron chi connectivity index (χ0n) is 22.6. The number of hydrogen-bond donors (Lipinski definition) is 0. The van der Waals surface area contributed by atoms with Crippen molar-refractivity contribution >= 4 is 45.8 Å². The third-order valence-corrected chi connectivity index (χ3v) is 6.64. The van der Waals surface area contributed by atoms with Crippen LogP contribution in [0.15, 0.2) is 60.2 Å². The molecule has 11 heteroatoms. The van der Waals surface area contributed by atoms with E-state index in [4.69, 9.17) is 14.2 Å². The summed E-state index contributed by atoms with van der Waals surface area (Å²) in [5, 5.41) is 12.6. The summed E-state index contributed by atoms with van der Waals surface area (Å²) in [6.07, 6.45) is 0.0415. The number of carboxylic acids is 1. The molecule has 1 aromatic heterocycles. The molecule has 0 spiro atoms. The van der Waals surface area contributed by atoms with Crippen molar-refractivity contribution in [3.05, 3.63) is 76.9 Å². The quantitative estimate of drug-likeness (QED) is 0.156. The van der Waals surface area contributed by atoms with E-state index in [-0.39, 0.29) is 64.2 Å². The van der Waals surface area contributed by atoms with Gasteiger partial charge in [-0.25, -0.2) is 0 Å². The second kappa shape index (κ2) is 13.1. The predicted octanol–water partition coefficient (Wildman–Crippen LogP) is 0.416. The Labute approximate surface area is 252 Å². The average Bonchev–Trinajstić information content (AvgIpc) is 3.39. The van der Waals surface area contributed by atoms with Gasteiger partial charge in [0.05, 0.1) is 39.0 Å². The maximum absolute atomic E-state index is 14.1. The largest absolute Gasteiger partial charge is 1.00 e. The molecule has 0 radical (unpaired) electrons. The van der Waals surface area contributed by atoms with Gasteiger partial charge in [0, 0.05) is 42.9 Å². The minimum atomic E-state index is -1.48. The number of benzene rings is 3. The van der Waals surface area contributed by atoms with Gasteiger partial charge in [0.1, 0.15) is 11.0 Å². The summed E-state index contributed by atoms with van der Waals surface area (Å²) in [5.41, 5.74) is 3.17. The number of hydrogen-bond acceptors (Lipinski definition) is 10. The third-order valence-electron chi connectivity index (χ3n) is 6.08. The maximum atomic E-state index is 14.1. The van der Waals surface area contributed by atoms with Gasteiger partial charge in [-0.05, 0) is 47.5 Å². The number of fused-ring (bicyclic) bond motifs is 1. The number of methoxy groups -OCH3 is 3. The molecule has 0 fully saturated rings. The van der Waals surface area contributed by atoms with Gasteiger partial charge in [-0.2, -0.15) is 8.75 Å². The summed E-state index contributed by atoms with van der Waals surface area (Å²) in [6.45, 7) is 0. The number of rotatable bonds is 10. The van der Waals surface area contributed by atoms with Crippen molar-refractivity contribution in [3.8, 4) is 17.2 Å². The molecule has 196 valence electrons. The van der Waals surface area contributed by atoms with Crippen molar-refractivity contribution in [2.75, 3.05) is 40.3 Å². The molecule has 0 unspecified atom stereocenters. The van der Waals surface area contributed by atoms with Crippen molar-refractivity contribution < 1.29 is 58.5 Å².